The zero-order valence-corrected chi connectivity index (χ0v) is 12.8. The Morgan fingerprint density at radius 1 is 1.20 bits per heavy atom. The molecule has 1 heterocycles. The third-order valence-electron chi connectivity index (χ3n) is 3.40. The van der Waals surface area contributed by atoms with Crippen molar-refractivity contribution in [1.82, 2.24) is 5.32 Å². The monoisotopic (exact) mass is 291 g/mol. The maximum absolute atomic E-state index is 12.9. The molecule has 0 spiro atoms. The van der Waals surface area contributed by atoms with E-state index >= 15 is 0 Å². The van der Waals surface area contributed by atoms with Crippen LogP contribution in [0.25, 0.3) is 0 Å². The second-order valence-corrected chi connectivity index (χ2v) is 6.13. The molecule has 0 bridgehead atoms. The summed E-state index contributed by atoms with van der Waals surface area (Å²) in [5, 5.41) is 5.73. The minimum atomic E-state index is -0.162. The molecule has 1 aromatic heterocycles. The molecule has 0 aliphatic heterocycles. The summed E-state index contributed by atoms with van der Waals surface area (Å²) in [4.78, 5) is 1.44. The number of halogens is 1. The molecule has 0 radical (unpaired) electrons. The molecule has 0 fully saturated rings. The quantitative estimate of drug-likeness (QED) is 0.758. The van der Waals surface area contributed by atoms with Crippen LogP contribution in [-0.4, -0.2) is 12.6 Å². The average molecular weight is 291 g/mol. The van der Waals surface area contributed by atoms with E-state index in [9.17, 15) is 4.39 Å². The normalized spacial score (nSPS) is 12.5. The summed E-state index contributed by atoms with van der Waals surface area (Å²) < 4.78 is 12.9. The highest BCUT2D eigenvalue weighted by molar-refractivity contribution is 7.09. The molecule has 2 aromatic rings. The summed E-state index contributed by atoms with van der Waals surface area (Å²) in [6, 6.07) is 11.6. The van der Waals surface area contributed by atoms with Crippen LogP contribution >= 0.6 is 11.3 Å². The maximum atomic E-state index is 12.9. The van der Waals surface area contributed by atoms with Crippen LogP contribution in [0.15, 0.2) is 41.8 Å². The molecule has 2 rings (SSSR count). The van der Waals surface area contributed by atoms with Gasteiger partial charge in [-0.05, 0) is 61.4 Å². The first-order valence-corrected chi connectivity index (χ1v) is 8.16. The molecule has 1 nitrogen and oxygen atoms in total. The van der Waals surface area contributed by atoms with Crippen LogP contribution in [-0.2, 0) is 12.8 Å². The van der Waals surface area contributed by atoms with E-state index in [4.69, 9.17) is 0 Å². The summed E-state index contributed by atoms with van der Waals surface area (Å²) in [6.07, 6.45) is 4.34. The highest BCUT2D eigenvalue weighted by atomic mass is 32.1. The van der Waals surface area contributed by atoms with Gasteiger partial charge in [0.25, 0.3) is 0 Å². The van der Waals surface area contributed by atoms with E-state index in [2.05, 4.69) is 29.8 Å². The fourth-order valence-corrected chi connectivity index (χ4v) is 3.03. The summed E-state index contributed by atoms with van der Waals surface area (Å²) in [7, 11) is 0. The van der Waals surface area contributed by atoms with Crippen molar-refractivity contribution in [1.29, 1.82) is 0 Å². The fourth-order valence-electron chi connectivity index (χ4n) is 2.30. The number of thiophene rings is 1. The molecule has 0 aliphatic rings. The Balaban J connectivity index is 1.90. The fraction of sp³-hybridized carbons (Fsp3) is 0.412. The molecule has 1 N–H and O–H groups in total. The molecule has 0 saturated heterocycles. The van der Waals surface area contributed by atoms with Gasteiger partial charge >= 0.3 is 0 Å². The Hall–Kier alpha value is -1.19. The average Bonchev–Trinajstić information content (AvgIpc) is 2.97. The Morgan fingerprint density at radius 3 is 2.65 bits per heavy atom. The predicted molar refractivity (Wildman–Crippen MR) is 84.8 cm³/mol. The molecule has 1 unspecified atom stereocenters. The second kappa shape index (κ2) is 8.18. The SMILES string of the molecule is CCCNC(CCc1cccs1)Cc1ccc(F)cc1. The van der Waals surface area contributed by atoms with Crippen LogP contribution in [0.3, 0.4) is 0 Å². The summed E-state index contributed by atoms with van der Waals surface area (Å²) in [5.74, 6) is -0.162. The van der Waals surface area contributed by atoms with Gasteiger partial charge in [0, 0.05) is 10.9 Å². The van der Waals surface area contributed by atoms with Crippen molar-refractivity contribution in [2.75, 3.05) is 6.54 Å². The van der Waals surface area contributed by atoms with Gasteiger partial charge in [-0.15, -0.1) is 11.3 Å². The molecule has 3 heteroatoms. The van der Waals surface area contributed by atoms with E-state index in [1.54, 1.807) is 12.1 Å². The zero-order valence-electron chi connectivity index (χ0n) is 11.9. The zero-order chi connectivity index (χ0) is 14.2. The van der Waals surface area contributed by atoms with E-state index in [1.807, 2.05) is 23.5 Å². The van der Waals surface area contributed by atoms with Gasteiger partial charge < -0.3 is 5.32 Å². The van der Waals surface area contributed by atoms with Gasteiger partial charge in [0.1, 0.15) is 5.82 Å². The van der Waals surface area contributed by atoms with Gasteiger partial charge in [0.2, 0.25) is 0 Å². The van der Waals surface area contributed by atoms with Crippen molar-refractivity contribution in [3.05, 3.63) is 58.0 Å². The molecule has 0 saturated carbocycles. The lowest BCUT2D eigenvalue weighted by Crippen LogP contribution is -2.32. The second-order valence-electron chi connectivity index (χ2n) is 5.10. The standard InChI is InChI=1S/C17H22FNS/c1-2-11-19-16(9-10-17-4-3-12-20-17)13-14-5-7-15(18)8-6-14/h3-8,12,16,19H,2,9-11,13H2,1H3. The van der Waals surface area contributed by atoms with Gasteiger partial charge in [-0.25, -0.2) is 4.39 Å². The van der Waals surface area contributed by atoms with Crippen LogP contribution < -0.4 is 5.32 Å². The molecule has 0 amide bonds. The number of nitrogens with one attached hydrogen (secondary N) is 1. The van der Waals surface area contributed by atoms with Crippen molar-refractivity contribution in [3.63, 3.8) is 0 Å². The first-order chi connectivity index (χ1) is 9.78. The van der Waals surface area contributed by atoms with E-state index < -0.39 is 0 Å². The van der Waals surface area contributed by atoms with Gasteiger partial charge in [0.15, 0.2) is 0 Å². The van der Waals surface area contributed by atoms with Crippen LogP contribution in [0.5, 0.6) is 0 Å². The molecule has 1 aromatic carbocycles. The minimum absolute atomic E-state index is 0.162. The number of aryl methyl sites for hydroxylation is 1. The summed E-state index contributed by atoms with van der Waals surface area (Å²) in [5.41, 5.74) is 1.20. The van der Waals surface area contributed by atoms with E-state index in [0.29, 0.717) is 6.04 Å². The minimum Gasteiger partial charge on any atom is -0.314 e. The highest BCUT2D eigenvalue weighted by Gasteiger charge is 2.09. The van der Waals surface area contributed by atoms with Crippen molar-refractivity contribution in [2.45, 2.75) is 38.6 Å². The smallest absolute Gasteiger partial charge is 0.123 e. The Bertz CT molecular complexity index is 478. The van der Waals surface area contributed by atoms with E-state index in [0.717, 1.165) is 32.2 Å². The molecule has 1 atom stereocenters. The molecule has 108 valence electrons. The van der Waals surface area contributed by atoms with Crippen molar-refractivity contribution < 1.29 is 4.39 Å². The van der Waals surface area contributed by atoms with Crippen LogP contribution in [0.4, 0.5) is 4.39 Å². The largest absolute Gasteiger partial charge is 0.314 e. The maximum Gasteiger partial charge on any atom is 0.123 e. The molecular formula is C17H22FNS. The Morgan fingerprint density at radius 2 is 2.00 bits per heavy atom. The molecule has 0 aliphatic carbocycles. The van der Waals surface area contributed by atoms with Crippen LogP contribution in [0.2, 0.25) is 0 Å². The van der Waals surface area contributed by atoms with Crippen molar-refractivity contribution >= 4 is 11.3 Å². The number of rotatable bonds is 8. The van der Waals surface area contributed by atoms with E-state index in [-0.39, 0.29) is 5.82 Å². The van der Waals surface area contributed by atoms with Gasteiger partial charge in [0.05, 0.1) is 0 Å². The highest BCUT2D eigenvalue weighted by Crippen LogP contribution is 2.14. The predicted octanol–water partition coefficient (Wildman–Crippen LogP) is 4.43. The van der Waals surface area contributed by atoms with Crippen molar-refractivity contribution in [2.24, 2.45) is 0 Å². The van der Waals surface area contributed by atoms with E-state index in [1.165, 1.54) is 10.4 Å². The van der Waals surface area contributed by atoms with Gasteiger partial charge in [-0.2, -0.15) is 0 Å². The van der Waals surface area contributed by atoms with Crippen LogP contribution in [0.1, 0.15) is 30.2 Å². The lowest BCUT2D eigenvalue weighted by Gasteiger charge is -2.18. The number of hydrogen-bond acceptors (Lipinski definition) is 2. The van der Waals surface area contributed by atoms with Gasteiger partial charge in [-0.3, -0.25) is 0 Å². The lowest BCUT2D eigenvalue weighted by atomic mass is 10.0. The van der Waals surface area contributed by atoms with Crippen molar-refractivity contribution in [3.8, 4) is 0 Å². The number of benzene rings is 1. The first kappa shape index (κ1) is 15.2. The third-order valence-corrected chi connectivity index (χ3v) is 4.33. The summed E-state index contributed by atoms with van der Waals surface area (Å²) >= 11 is 1.82. The lowest BCUT2D eigenvalue weighted by molar-refractivity contribution is 0.478. The Kier molecular flexibility index (Phi) is 6.22. The van der Waals surface area contributed by atoms with Gasteiger partial charge in [-0.1, -0.05) is 25.1 Å². The topological polar surface area (TPSA) is 12.0 Å². The first-order valence-electron chi connectivity index (χ1n) is 7.28. The molecular weight excluding hydrogens is 269 g/mol. The third kappa shape index (κ3) is 5.06. The number of hydrogen-bond donors (Lipinski definition) is 1. The summed E-state index contributed by atoms with van der Waals surface area (Å²) in [6.45, 7) is 3.22. The molecule has 20 heavy (non-hydrogen) atoms. The van der Waals surface area contributed by atoms with Crippen LogP contribution in [0, 0.1) is 5.82 Å². The Labute approximate surface area is 124 Å².